The first-order valence-electron chi connectivity index (χ1n) is 6.52. The highest BCUT2D eigenvalue weighted by molar-refractivity contribution is 6.30. The molecule has 0 saturated carbocycles. The number of carbonyl (C=O) groups excluding carboxylic acids is 2. The van der Waals surface area contributed by atoms with Crippen molar-refractivity contribution in [2.24, 2.45) is 0 Å². The molecule has 0 bridgehead atoms. The molecule has 0 heterocycles. The fraction of sp³-hybridized carbons (Fsp3) is 0.429. The Labute approximate surface area is 124 Å². The van der Waals surface area contributed by atoms with E-state index >= 15 is 0 Å². The predicted octanol–water partition coefficient (Wildman–Crippen LogP) is 2.01. The summed E-state index contributed by atoms with van der Waals surface area (Å²) in [4.78, 5) is 24.8. The molecule has 3 amide bonds. The van der Waals surface area contributed by atoms with Crippen molar-refractivity contribution >= 4 is 23.5 Å². The Balaban J connectivity index is 2.34. The van der Waals surface area contributed by atoms with Gasteiger partial charge >= 0.3 is 6.03 Å². The molecule has 5 nitrogen and oxygen atoms in total. The summed E-state index contributed by atoms with van der Waals surface area (Å²) in [7, 11) is 1.82. The fourth-order valence-corrected chi connectivity index (χ4v) is 1.78. The number of rotatable bonds is 6. The molecule has 1 aromatic rings. The van der Waals surface area contributed by atoms with Gasteiger partial charge < -0.3 is 5.32 Å². The molecule has 20 heavy (non-hydrogen) atoms. The SMILES string of the molecule is CCCNC(=O)NC(=O)CN(C)Cc1ccc(Cl)cc1. The quantitative estimate of drug-likeness (QED) is 0.844. The van der Waals surface area contributed by atoms with Crippen molar-refractivity contribution in [3.8, 4) is 0 Å². The average Bonchev–Trinajstić information content (AvgIpc) is 2.38. The molecule has 0 radical (unpaired) electrons. The number of urea groups is 1. The van der Waals surface area contributed by atoms with E-state index < -0.39 is 6.03 Å². The highest BCUT2D eigenvalue weighted by Gasteiger charge is 2.10. The van der Waals surface area contributed by atoms with Gasteiger partial charge in [-0.05, 0) is 31.2 Å². The minimum Gasteiger partial charge on any atom is -0.338 e. The normalized spacial score (nSPS) is 10.4. The van der Waals surface area contributed by atoms with Gasteiger partial charge in [-0.25, -0.2) is 4.79 Å². The minimum atomic E-state index is -0.447. The molecule has 0 saturated heterocycles. The van der Waals surface area contributed by atoms with E-state index in [0.717, 1.165) is 12.0 Å². The van der Waals surface area contributed by atoms with E-state index in [-0.39, 0.29) is 12.5 Å². The van der Waals surface area contributed by atoms with E-state index in [1.54, 1.807) is 0 Å². The third kappa shape index (κ3) is 6.54. The van der Waals surface area contributed by atoms with Crippen molar-refractivity contribution in [3.63, 3.8) is 0 Å². The second kappa shape index (κ2) is 8.55. The van der Waals surface area contributed by atoms with E-state index in [9.17, 15) is 9.59 Å². The number of likely N-dealkylation sites (N-methyl/N-ethyl adjacent to an activating group) is 1. The van der Waals surface area contributed by atoms with Crippen LogP contribution in [0.5, 0.6) is 0 Å². The van der Waals surface area contributed by atoms with Gasteiger partial charge in [0.05, 0.1) is 6.54 Å². The molecule has 1 aromatic carbocycles. The van der Waals surface area contributed by atoms with Crippen LogP contribution < -0.4 is 10.6 Å². The van der Waals surface area contributed by atoms with Gasteiger partial charge in [0, 0.05) is 18.1 Å². The highest BCUT2D eigenvalue weighted by atomic mass is 35.5. The van der Waals surface area contributed by atoms with E-state index in [2.05, 4.69) is 10.6 Å². The number of halogens is 1. The summed E-state index contributed by atoms with van der Waals surface area (Å²) in [5, 5.41) is 5.56. The van der Waals surface area contributed by atoms with Crippen molar-refractivity contribution in [1.82, 2.24) is 15.5 Å². The Morgan fingerprint density at radius 2 is 1.90 bits per heavy atom. The summed E-state index contributed by atoms with van der Waals surface area (Å²) in [6.07, 6.45) is 0.831. The summed E-state index contributed by atoms with van der Waals surface area (Å²) in [5.74, 6) is -0.324. The standard InChI is InChI=1S/C14H20ClN3O2/c1-3-8-16-14(20)17-13(19)10-18(2)9-11-4-6-12(15)7-5-11/h4-7H,3,8-10H2,1-2H3,(H2,16,17,19,20). The van der Waals surface area contributed by atoms with E-state index in [4.69, 9.17) is 11.6 Å². The van der Waals surface area contributed by atoms with Crippen molar-refractivity contribution in [1.29, 1.82) is 0 Å². The van der Waals surface area contributed by atoms with E-state index in [1.165, 1.54) is 0 Å². The predicted molar refractivity (Wildman–Crippen MR) is 79.6 cm³/mol. The Morgan fingerprint density at radius 3 is 2.50 bits per heavy atom. The number of amides is 3. The monoisotopic (exact) mass is 297 g/mol. The number of hydrogen-bond acceptors (Lipinski definition) is 3. The molecule has 0 aromatic heterocycles. The number of benzene rings is 1. The van der Waals surface area contributed by atoms with Crippen LogP contribution in [0.4, 0.5) is 4.79 Å². The summed E-state index contributed by atoms with van der Waals surface area (Å²) >= 11 is 5.81. The van der Waals surface area contributed by atoms with E-state index in [0.29, 0.717) is 18.1 Å². The molecule has 0 aliphatic heterocycles. The van der Waals surface area contributed by atoms with Crippen LogP contribution in [0, 0.1) is 0 Å². The molecule has 1 rings (SSSR count). The molecular weight excluding hydrogens is 278 g/mol. The van der Waals surface area contributed by atoms with Crippen LogP contribution >= 0.6 is 11.6 Å². The van der Waals surface area contributed by atoms with Crippen LogP contribution in [0.1, 0.15) is 18.9 Å². The average molecular weight is 298 g/mol. The Kier molecular flexibility index (Phi) is 7.04. The number of hydrogen-bond donors (Lipinski definition) is 2. The Bertz CT molecular complexity index is 448. The van der Waals surface area contributed by atoms with Crippen molar-refractivity contribution in [2.45, 2.75) is 19.9 Å². The van der Waals surface area contributed by atoms with Gasteiger partial charge in [0.1, 0.15) is 0 Å². The van der Waals surface area contributed by atoms with Crippen LogP contribution in [0.3, 0.4) is 0 Å². The lowest BCUT2D eigenvalue weighted by atomic mass is 10.2. The smallest absolute Gasteiger partial charge is 0.321 e. The maximum Gasteiger partial charge on any atom is 0.321 e. The van der Waals surface area contributed by atoms with E-state index in [1.807, 2.05) is 43.1 Å². The van der Waals surface area contributed by atoms with Crippen molar-refractivity contribution < 1.29 is 9.59 Å². The summed E-state index contributed by atoms with van der Waals surface area (Å²) in [6, 6.07) is 6.98. The van der Waals surface area contributed by atoms with Crippen molar-refractivity contribution in [3.05, 3.63) is 34.9 Å². The summed E-state index contributed by atoms with van der Waals surface area (Å²) in [5.41, 5.74) is 1.06. The molecule has 2 N–H and O–H groups in total. The van der Waals surface area contributed by atoms with Gasteiger partial charge in [0.2, 0.25) is 5.91 Å². The van der Waals surface area contributed by atoms with Crippen LogP contribution in [-0.2, 0) is 11.3 Å². The van der Waals surface area contributed by atoms with Crippen LogP contribution in [-0.4, -0.2) is 37.0 Å². The largest absolute Gasteiger partial charge is 0.338 e. The zero-order chi connectivity index (χ0) is 15.0. The Hall–Kier alpha value is -1.59. The molecule has 110 valence electrons. The molecule has 0 atom stereocenters. The highest BCUT2D eigenvalue weighted by Crippen LogP contribution is 2.10. The number of imide groups is 1. The lowest BCUT2D eigenvalue weighted by Gasteiger charge is -2.16. The zero-order valence-corrected chi connectivity index (χ0v) is 12.5. The molecule has 6 heteroatoms. The number of nitrogens with zero attached hydrogens (tertiary/aromatic N) is 1. The topological polar surface area (TPSA) is 61.4 Å². The molecule has 0 unspecified atom stereocenters. The van der Waals surface area contributed by atoms with Gasteiger partial charge in [-0.3, -0.25) is 15.0 Å². The Morgan fingerprint density at radius 1 is 1.25 bits per heavy atom. The first-order chi connectivity index (χ1) is 9.51. The first-order valence-corrected chi connectivity index (χ1v) is 6.89. The molecular formula is C14H20ClN3O2. The zero-order valence-electron chi connectivity index (χ0n) is 11.8. The third-order valence-electron chi connectivity index (χ3n) is 2.57. The molecule has 0 fully saturated rings. The molecule has 0 aliphatic rings. The summed E-state index contributed by atoms with van der Waals surface area (Å²) in [6.45, 7) is 3.27. The van der Waals surface area contributed by atoms with Gasteiger partial charge in [-0.2, -0.15) is 0 Å². The van der Waals surface area contributed by atoms with Gasteiger partial charge in [0.15, 0.2) is 0 Å². The summed E-state index contributed by atoms with van der Waals surface area (Å²) < 4.78 is 0. The molecule has 0 spiro atoms. The molecule has 0 aliphatic carbocycles. The second-order valence-corrected chi connectivity index (χ2v) is 5.04. The maximum absolute atomic E-state index is 11.6. The van der Waals surface area contributed by atoms with Gasteiger partial charge in [0.25, 0.3) is 0 Å². The maximum atomic E-state index is 11.6. The van der Waals surface area contributed by atoms with Gasteiger partial charge in [-0.1, -0.05) is 30.7 Å². The lowest BCUT2D eigenvalue weighted by Crippen LogP contribution is -2.43. The second-order valence-electron chi connectivity index (χ2n) is 4.60. The fourth-order valence-electron chi connectivity index (χ4n) is 1.65. The lowest BCUT2D eigenvalue weighted by molar-refractivity contribution is -0.120. The minimum absolute atomic E-state index is 0.155. The first kappa shape index (κ1) is 16.5. The van der Waals surface area contributed by atoms with Gasteiger partial charge in [-0.15, -0.1) is 0 Å². The number of nitrogens with one attached hydrogen (secondary N) is 2. The van der Waals surface area contributed by atoms with Crippen molar-refractivity contribution in [2.75, 3.05) is 20.1 Å². The number of carbonyl (C=O) groups is 2. The third-order valence-corrected chi connectivity index (χ3v) is 2.82. The van der Waals surface area contributed by atoms with Crippen LogP contribution in [0.25, 0.3) is 0 Å². The van der Waals surface area contributed by atoms with Crippen LogP contribution in [0.15, 0.2) is 24.3 Å². The van der Waals surface area contributed by atoms with Crippen LogP contribution in [0.2, 0.25) is 5.02 Å².